The number of hydrogen-bond acceptors (Lipinski definition) is 5. The number of ether oxygens (including phenoxy) is 1. The molecule has 0 bridgehead atoms. The van der Waals surface area contributed by atoms with E-state index in [0.29, 0.717) is 17.4 Å². The third-order valence-corrected chi connectivity index (χ3v) is 4.41. The molecule has 0 fully saturated rings. The van der Waals surface area contributed by atoms with E-state index < -0.39 is 10.8 Å². The molecule has 0 aliphatic carbocycles. The summed E-state index contributed by atoms with van der Waals surface area (Å²) in [6, 6.07) is 12.7. The number of carbonyl (C=O) groups is 1. The molecule has 0 saturated carbocycles. The molecule has 0 unspecified atom stereocenters. The van der Waals surface area contributed by atoms with Crippen LogP contribution in [0.3, 0.4) is 0 Å². The molecule has 1 heterocycles. The second kappa shape index (κ2) is 8.73. The number of nitro groups is 1. The largest absolute Gasteiger partial charge is 0.482 e. The van der Waals surface area contributed by atoms with Crippen LogP contribution in [0.15, 0.2) is 54.7 Å². The summed E-state index contributed by atoms with van der Waals surface area (Å²) in [6.07, 6.45) is 1.56. The van der Waals surface area contributed by atoms with Gasteiger partial charge in [0, 0.05) is 23.2 Å². The number of anilines is 1. The maximum atomic E-state index is 12.2. The van der Waals surface area contributed by atoms with Crippen LogP contribution in [0.2, 0.25) is 10.0 Å². The van der Waals surface area contributed by atoms with Gasteiger partial charge in [-0.15, -0.1) is 0 Å². The van der Waals surface area contributed by atoms with Crippen molar-refractivity contribution in [2.24, 2.45) is 0 Å². The van der Waals surface area contributed by atoms with Gasteiger partial charge in [-0.05, 0) is 17.7 Å². The molecule has 0 aliphatic rings. The number of halogens is 2. The second-order valence-electron chi connectivity index (χ2n) is 5.67. The molecular formula is C18H14Cl2N4O4. The van der Waals surface area contributed by atoms with Crippen LogP contribution in [0.4, 0.5) is 11.5 Å². The Hall–Kier alpha value is -3.10. The van der Waals surface area contributed by atoms with Crippen molar-refractivity contribution in [1.82, 2.24) is 9.78 Å². The van der Waals surface area contributed by atoms with Gasteiger partial charge in [-0.2, -0.15) is 5.10 Å². The van der Waals surface area contributed by atoms with E-state index in [0.717, 1.165) is 11.6 Å². The van der Waals surface area contributed by atoms with Gasteiger partial charge in [0.05, 0.1) is 22.7 Å². The van der Waals surface area contributed by atoms with Gasteiger partial charge >= 0.3 is 0 Å². The van der Waals surface area contributed by atoms with E-state index in [-0.39, 0.29) is 23.1 Å². The highest BCUT2D eigenvalue weighted by Gasteiger charge is 2.13. The monoisotopic (exact) mass is 420 g/mol. The minimum atomic E-state index is -0.567. The number of nitrogens with one attached hydrogen (secondary N) is 1. The molecule has 0 aliphatic heterocycles. The molecule has 28 heavy (non-hydrogen) atoms. The van der Waals surface area contributed by atoms with Crippen LogP contribution in [0.1, 0.15) is 5.56 Å². The third-order valence-electron chi connectivity index (χ3n) is 3.75. The molecule has 0 spiro atoms. The van der Waals surface area contributed by atoms with E-state index in [9.17, 15) is 14.9 Å². The van der Waals surface area contributed by atoms with Gasteiger partial charge in [0.15, 0.2) is 6.61 Å². The first-order valence-electron chi connectivity index (χ1n) is 8.06. The average molecular weight is 421 g/mol. The summed E-state index contributed by atoms with van der Waals surface area (Å²) in [5.74, 6) is 0.214. The number of hydrogen-bond donors (Lipinski definition) is 1. The molecular weight excluding hydrogens is 407 g/mol. The Morgan fingerprint density at radius 2 is 1.96 bits per heavy atom. The topological polar surface area (TPSA) is 99.3 Å². The molecule has 1 aromatic heterocycles. The Morgan fingerprint density at radius 1 is 1.18 bits per heavy atom. The highest BCUT2D eigenvalue weighted by atomic mass is 35.5. The van der Waals surface area contributed by atoms with Gasteiger partial charge in [-0.25, -0.2) is 4.68 Å². The Balaban J connectivity index is 1.61. The molecule has 2 aromatic carbocycles. The number of aromatic nitrogens is 2. The van der Waals surface area contributed by atoms with E-state index in [2.05, 4.69) is 10.4 Å². The highest BCUT2D eigenvalue weighted by molar-refractivity contribution is 6.32. The van der Waals surface area contributed by atoms with E-state index >= 15 is 0 Å². The van der Waals surface area contributed by atoms with Gasteiger partial charge in [0.1, 0.15) is 11.6 Å². The van der Waals surface area contributed by atoms with Crippen molar-refractivity contribution in [2.45, 2.75) is 6.54 Å². The lowest BCUT2D eigenvalue weighted by molar-refractivity contribution is -0.384. The van der Waals surface area contributed by atoms with Crippen molar-refractivity contribution in [3.63, 3.8) is 0 Å². The van der Waals surface area contributed by atoms with Gasteiger partial charge in [0.2, 0.25) is 0 Å². The van der Waals surface area contributed by atoms with Crippen LogP contribution in [0.25, 0.3) is 0 Å². The van der Waals surface area contributed by atoms with E-state index in [1.165, 1.54) is 12.1 Å². The molecule has 10 heteroatoms. The first-order valence-corrected chi connectivity index (χ1v) is 8.81. The summed E-state index contributed by atoms with van der Waals surface area (Å²) in [4.78, 5) is 22.3. The van der Waals surface area contributed by atoms with Crippen molar-refractivity contribution < 1.29 is 14.5 Å². The molecule has 3 aromatic rings. The fraction of sp³-hybridized carbons (Fsp3) is 0.111. The predicted octanol–water partition coefficient (Wildman–Crippen LogP) is 4.16. The van der Waals surface area contributed by atoms with Crippen molar-refractivity contribution in [3.8, 4) is 5.75 Å². The van der Waals surface area contributed by atoms with Crippen LogP contribution in [0, 0.1) is 10.1 Å². The quantitative estimate of drug-likeness (QED) is 0.456. The summed E-state index contributed by atoms with van der Waals surface area (Å²) >= 11 is 12.1. The molecule has 1 amide bonds. The fourth-order valence-corrected chi connectivity index (χ4v) is 2.82. The van der Waals surface area contributed by atoms with E-state index in [4.69, 9.17) is 27.9 Å². The van der Waals surface area contributed by atoms with Crippen LogP contribution >= 0.6 is 23.2 Å². The first kappa shape index (κ1) is 19.7. The molecule has 0 radical (unpaired) electrons. The number of carbonyl (C=O) groups excluding carboxylic acids is 1. The lowest BCUT2D eigenvalue weighted by Crippen LogP contribution is -2.22. The fourth-order valence-electron chi connectivity index (χ4n) is 2.40. The Bertz CT molecular complexity index is 1020. The number of non-ortho nitro benzene ring substituents is 1. The van der Waals surface area contributed by atoms with Crippen LogP contribution < -0.4 is 10.1 Å². The van der Waals surface area contributed by atoms with Gasteiger partial charge in [-0.3, -0.25) is 14.9 Å². The molecule has 0 saturated heterocycles. The van der Waals surface area contributed by atoms with Crippen molar-refractivity contribution in [3.05, 3.63) is 80.5 Å². The minimum Gasteiger partial charge on any atom is -0.482 e. The van der Waals surface area contributed by atoms with Crippen molar-refractivity contribution in [1.29, 1.82) is 0 Å². The SMILES string of the molecule is O=C(COc1ccc([N+](=O)[O-])cc1Cl)Nc1ccnn1Cc1ccccc1Cl. The number of rotatable bonds is 7. The van der Waals surface area contributed by atoms with Gasteiger partial charge in [0.25, 0.3) is 11.6 Å². The number of nitrogens with zero attached hydrogens (tertiary/aromatic N) is 3. The molecule has 144 valence electrons. The lowest BCUT2D eigenvalue weighted by atomic mass is 10.2. The lowest BCUT2D eigenvalue weighted by Gasteiger charge is -2.11. The Kier molecular flexibility index (Phi) is 6.13. The predicted molar refractivity (Wildman–Crippen MR) is 105 cm³/mol. The summed E-state index contributed by atoms with van der Waals surface area (Å²) in [6.45, 7) is 0.0616. The normalized spacial score (nSPS) is 10.5. The zero-order valence-corrected chi connectivity index (χ0v) is 15.9. The summed E-state index contributed by atoms with van der Waals surface area (Å²) in [5, 5.41) is 18.2. The zero-order valence-electron chi connectivity index (χ0n) is 14.3. The summed E-state index contributed by atoms with van der Waals surface area (Å²) < 4.78 is 6.94. The van der Waals surface area contributed by atoms with Gasteiger partial charge < -0.3 is 10.1 Å². The molecule has 0 atom stereocenters. The Labute approximate surface area is 169 Å². The first-order chi connectivity index (χ1) is 13.4. The number of benzene rings is 2. The van der Waals surface area contributed by atoms with Crippen molar-refractivity contribution >= 4 is 40.6 Å². The van der Waals surface area contributed by atoms with Gasteiger partial charge in [-0.1, -0.05) is 41.4 Å². The smallest absolute Gasteiger partial charge is 0.271 e. The van der Waals surface area contributed by atoms with Crippen LogP contribution in [-0.2, 0) is 11.3 Å². The molecule has 1 N–H and O–H groups in total. The Morgan fingerprint density at radius 3 is 2.68 bits per heavy atom. The molecule has 8 nitrogen and oxygen atoms in total. The highest BCUT2D eigenvalue weighted by Crippen LogP contribution is 2.28. The summed E-state index contributed by atoms with van der Waals surface area (Å²) in [7, 11) is 0. The zero-order chi connectivity index (χ0) is 20.1. The van der Waals surface area contributed by atoms with E-state index in [1.807, 2.05) is 18.2 Å². The standard InChI is InChI=1S/C18H14Cl2N4O4/c19-14-4-2-1-3-12(14)10-23-17(7-8-21-23)22-18(25)11-28-16-6-5-13(24(26)27)9-15(16)20/h1-9H,10-11H2,(H,22,25). The van der Waals surface area contributed by atoms with Crippen LogP contribution in [0.5, 0.6) is 5.75 Å². The minimum absolute atomic E-state index is 0.0470. The number of nitro benzene ring substituents is 1. The average Bonchev–Trinajstić information content (AvgIpc) is 3.09. The van der Waals surface area contributed by atoms with Crippen LogP contribution in [-0.4, -0.2) is 27.2 Å². The molecule has 3 rings (SSSR count). The number of amides is 1. The maximum Gasteiger partial charge on any atom is 0.271 e. The van der Waals surface area contributed by atoms with Crippen molar-refractivity contribution in [2.75, 3.05) is 11.9 Å². The maximum absolute atomic E-state index is 12.2. The second-order valence-corrected chi connectivity index (χ2v) is 6.49. The van der Waals surface area contributed by atoms with E-state index in [1.54, 1.807) is 23.0 Å². The third kappa shape index (κ3) is 4.79. The summed E-state index contributed by atoms with van der Waals surface area (Å²) in [5.41, 5.74) is 0.697.